The van der Waals surface area contributed by atoms with Crippen LogP contribution in [0.1, 0.15) is 6.92 Å². The molecule has 0 spiro atoms. The maximum absolute atomic E-state index is 4.28. The second kappa shape index (κ2) is 3.42. The summed E-state index contributed by atoms with van der Waals surface area (Å²) >= 11 is 3.33. The monoisotopic (exact) mass is 252 g/mol. The van der Waals surface area contributed by atoms with Crippen molar-refractivity contribution >= 4 is 27.4 Å². The molecule has 0 fully saturated rings. The fraction of sp³-hybridized carbons (Fsp3) is 0.111. The first-order chi connectivity index (χ1) is 6.66. The quantitative estimate of drug-likeness (QED) is 0.893. The zero-order chi connectivity index (χ0) is 10.1. The number of halogens is 1. The molecule has 4 nitrogen and oxygen atoms in total. The molecule has 0 saturated heterocycles. The molecule has 72 valence electrons. The van der Waals surface area contributed by atoms with Crippen molar-refractivity contribution < 1.29 is 0 Å². The highest BCUT2D eigenvalue weighted by molar-refractivity contribution is 9.10. The molecule has 0 atom stereocenters. The van der Waals surface area contributed by atoms with Crippen LogP contribution in [0.3, 0.4) is 0 Å². The molecule has 5 heteroatoms. The summed E-state index contributed by atoms with van der Waals surface area (Å²) in [7, 11) is 0. The fourth-order valence-corrected chi connectivity index (χ4v) is 1.58. The van der Waals surface area contributed by atoms with Gasteiger partial charge in [-0.15, -0.1) is 0 Å². The summed E-state index contributed by atoms with van der Waals surface area (Å²) < 4.78 is 2.65. The molecule has 0 unspecified atom stereocenters. The lowest BCUT2D eigenvalue weighted by atomic mass is 10.5. The van der Waals surface area contributed by atoms with Gasteiger partial charge in [-0.05, 0) is 22.9 Å². The maximum Gasteiger partial charge on any atom is 0.180 e. The van der Waals surface area contributed by atoms with E-state index >= 15 is 0 Å². The number of aromatic nitrogens is 3. The lowest BCUT2D eigenvalue weighted by Gasteiger charge is -2.06. The molecular weight excluding hydrogens is 244 g/mol. The molecule has 1 N–H and O–H groups in total. The highest BCUT2D eigenvalue weighted by Crippen LogP contribution is 2.17. The average molecular weight is 253 g/mol. The van der Waals surface area contributed by atoms with Crippen LogP contribution in [0.4, 0.5) is 5.82 Å². The van der Waals surface area contributed by atoms with Gasteiger partial charge in [0.05, 0.1) is 0 Å². The predicted octanol–water partition coefficient (Wildman–Crippen LogP) is 2.44. The van der Waals surface area contributed by atoms with Gasteiger partial charge in [0, 0.05) is 24.3 Å². The first kappa shape index (κ1) is 9.21. The molecular formula is C9H9BrN4. The topological polar surface area (TPSA) is 42.2 Å². The maximum atomic E-state index is 4.28. The van der Waals surface area contributed by atoms with Crippen molar-refractivity contribution in [1.82, 2.24) is 14.4 Å². The first-order valence-electron chi connectivity index (χ1n) is 4.08. The van der Waals surface area contributed by atoms with E-state index in [1.165, 1.54) is 0 Å². The van der Waals surface area contributed by atoms with Crippen LogP contribution in [0.25, 0.3) is 5.65 Å². The highest BCUT2D eigenvalue weighted by atomic mass is 79.9. The number of imidazole rings is 1. The van der Waals surface area contributed by atoms with E-state index in [9.17, 15) is 0 Å². The number of rotatable bonds is 2. The molecule has 0 aliphatic carbocycles. The highest BCUT2D eigenvalue weighted by Gasteiger charge is 2.05. The lowest BCUT2D eigenvalue weighted by molar-refractivity contribution is 1.10. The number of nitrogens with zero attached hydrogens (tertiary/aromatic N) is 3. The Morgan fingerprint density at radius 3 is 3.14 bits per heavy atom. The van der Waals surface area contributed by atoms with Gasteiger partial charge in [-0.3, -0.25) is 0 Å². The number of anilines is 1. The van der Waals surface area contributed by atoms with E-state index in [4.69, 9.17) is 0 Å². The molecule has 0 aliphatic rings. The van der Waals surface area contributed by atoms with Crippen molar-refractivity contribution in [3.05, 3.63) is 35.5 Å². The summed E-state index contributed by atoms with van der Waals surface area (Å²) in [4.78, 5) is 8.46. The summed E-state index contributed by atoms with van der Waals surface area (Å²) in [5.74, 6) is 0.705. The molecule has 0 saturated carbocycles. The molecule has 2 heterocycles. The van der Waals surface area contributed by atoms with Gasteiger partial charge in [0.15, 0.2) is 11.5 Å². The van der Waals surface area contributed by atoms with Gasteiger partial charge in [-0.1, -0.05) is 6.58 Å². The smallest absolute Gasteiger partial charge is 0.180 e. The third kappa shape index (κ3) is 1.63. The Bertz CT molecular complexity index is 489. The van der Waals surface area contributed by atoms with Gasteiger partial charge in [0.1, 0.15) is 4.60 Å². The molecule has 0 aromatic carbocycles. The van der Waals surface area contributed by atoms with Crippen LogP contribution in [0.2, 0.25) is 0 Å². The van der Waals surface area contributed by atoms with Crippen LogP contribution in [0, 0.1) is 0 Å². The standard InChI is InChI=1S/C9H9BrN4/c1-6(2)12-8-9-11-3-4-14(9)5-7(10)13-8/h3-5H,1H2,2H3,(H,12,13). The van der Waals surface area contributed by atoms with Crippen LogP contribution in [0.15, 0.2) is 35.5 Å². The van der Waals surface area contributed by atoms with Crippen molar-refractivity contribution in [3.8, 4) is 0 Å². The van der Waals surface area contributed by atoms with E-state index < -0.39 is 0 Å². The third-order valence-electron chi connectivity index (χ3n) is 1.68. The minimum absolute atomic E-state index is 0.705. The van der Waals surface area contributed by atoms with Gasteiger partial charge >= 0.3 is 0 Å². The minimum Gasteiger partial charge on any atom is -0.342 e. The second-order valence-electron chi connectivity index (χ2n) is 2.98. The zero-order valence-corrected chi connectivity index (χ0v) is 9.24. The molecule has 0 amide bonds. The van der Waals surface area contributed by atoms with E-state index in [1.54, 1.807) is 6.20 Å². The summed E-state index contributed by atoms with van der Waals surface area (Å²) in [6.45, 7) is 5.64. The summed E-state index contributed by atoms with van der Waals surface area (Å²) in [5.41, 5.74) is 1.62. The Labute approximate surface area is 89.8 Å². The fourth-order valence-electron chi connectivity index (χ4n) is 1.19. The van der Waals surface area contributed by atoms with E-state index in [1.807, 2.05) is 23.7 Å². The second-order valence-corrected chi connectivity index (χ2v) is 3.79. The van der Waals surface area contributed by atoms with E-state index in [2.05, 4.69) is 37.8 Å². The number of nitrogens with one attached hydrogen (secondary N) is 1. The van der Waals surface area contributed by atoms with Gasteiger partial charge in [-0.25, -0.2) is 9.97 Å². The van der Waals surface area contributed by atoms with E-state index in [0.29, 0.717) is 5.82 Å². The van der Waals surface area contributed by atoms with Gasteiger partial charge in [0.2, 0.25) is 0 Å². The Morgan fingerprint density at radius 2 is 2.43 bits per heavy atom. The number of allylic oxidation sites excluding steroid dienone is 1. The summed E-state index contributed by atoms with van der Waals surface area (Å²) in [6.07, 6.45) is 5.45. The number of hydrogen-bond donors (Lipinski definition) is 1. The molecule has 2 rings (SSSR count). The Balaban J connectivity index is 2.60. The average Bonchev–Trinajstić information content (AvgIpc) is 2.50. The molecule has 2 aromatic heterocycles. The van der Waals surface area contributed by atoms with E-state index in [-0.39, 0.29) is 0 Å². The van der Waals surface area contributed by atoms with Crippen LogP contribution in [0.5, 0.6) is 0 Å². The molecule has 0 radical (unpaired) electrons. The van der Waals surface area contributed by atoms with Gasteiger partial charge in [0.25, 0.3) is 0 Å². The van der Waals surface area contributed by atoms with Crippen LogP contribution in [-0.2, 0) is 0 Å². The Kier molecular flexibility index (Phi) is 2.25. The van der Waals surface area contributed by atoms with Gasteiger partial charge in [-0.2, -0.15) is 0 Å². The van der Waals surface area contributed by atoms with Crippen molar-refractivity contribution in [3.63, 3.8) is 0 Å². The first-order valence-corrected chi connectivity index (χ1v) is 4.88. The lowest BCUT2D eigenvalue weighted by Crippen LogP contribution is -2.00. The SMILES string of the molecule is C=C(C)Nc1nc(Br)cn2ccnc12. The normalized spacial score (nSPS) is 10.4. The zero-order valence-electron chi connectivity index (χ0n) is 7.66. The van der Waals surface area contributed by atoms with Crippen LogP contribution in [-0.4, -0.2) is 14.4 Å². The van der Waals surface area contributed by atoms with Crippen LogP contribution >= 0.6 is 15.9 Å². The molecule has 2 aromatic rings. The van der Waals surface area contributed by atoms with Crippen molar-refractivity contribution in [2.24, 2.45) is 0 Å². The third-order valence-corrected chi connectivity index (χ3v) is 2.06. The number of fused-ring (bicyclic) bond motifs is 1. The van der Waals surface area contributed by atoms with Gasteiger partial charge < -0.3 is 9.72 Å². The summed E-state index contributed by atoms with van der Waals surface area (Å²) in [5, 5.41) is 3.06. The molecule has 0 bridgehead atoms. The Morgan fingerprint density at radius 1 is 1.64 bits per heavy atom. The van der Waals surface area contributed by atoms with E-state index in [0.717, 1.165) is 15.9 Å². The van der Waals surface area contributed by atoms with Crippen molar-refractivity contribution in [1.29, 1.82) is 0 Å². The Hall–Kier alpha value is -1.36. The van der Waals surface area contributed by atoms with Crippen molar-refractivity contribution in [2.75, 3.05) is 5.32 Å². The number of hydrogen-bond acceptors (Lipinski definition) is 3. The largest absolute Gasteiger partial charge is 0.342 e. The minimum atomic E-state index is 0.705. The predicted molar refractivity (Wildman–Crippen MR) is 59.1 cm³/mol. The molecule has 0 aliphatic heterocycles. The van der Waals surface area contributed by atoms with Crippen LogP contribution < -0.4 is 5.32 Å². The molecule has 14 heavy (non-hydrogen) atoms. The summed E-state index contributed by atoms with van der Waals surface area (Å²) in [6, 6.07) is 0. The van der Waals surface area contributed by atoms with Crippen molar-refractivity contribution in [2.45, 2.75) is 6.92 Å².